The Labute approximate surface area is 187 Å². The largest absolute Gasteiger partial charge is 0.455 e. The van der Waals surface area contributed by atoms with E-state index in [0.29, 0.717) is 11.3 Å². The molecule has 0 aliphatic rings. The van der Waals surface area contributed by atoms with Gasteiger partial charge in [-0.05, 0) is 42.5 Å². The van der Waals surface area contributed by atoms with Gasteiger partial charge in [-0.25, -0.2) is 12.8 Å². The summed E-state index contributed by atoms with van der Waals surface area (Å²) in [5, 5.41) is 13.6. The standard InChI is InChI=1S/C19H20FN3O7S2/c1-31-17-7-6-15(10-16(17)23(26)27)32(28,29)22-11-19(25)30-12-18(24)21-9-8-13-2-4-14(20)5-3-13/h2-7,10,22H,8-9,11-12H2,1H3,(H,21,24). The molecule has 2 aromatic rings. The highest BCUT2D eigenvalue weighted by Gasteiger charge is 2.22. The molecule has 10 nitrogen and oxygen atoms in total. The Balaban J connectivity index is 1.79. The van der Waals surface area contributed by atoms with Crippen LogP contribution in [0.2, 0.25) is 0 Å². The number of nitro benzene ring substituents is 1. The number of carbonyl (C=O) groups excluding carboxylic acids is 2. The first-order valence-corrected chi connectivity index (χ1v) is 11.8. The van der Waals surface area contributed by atoms with E-state index in [1.165, 1.54) is 24.3 Å². The predicted molar refractivity (Wildman–Crippen MR) is 114 cm³/mol. The Kier molecular flexibility index (Phi) is 9.11. The predicted octanol–water partition coefficient (Wildman–Crippen LogP) is 1.64. The molecule has 13 heteroatoms. The number of thioether (sulfide) groups is 1. The monoisotopic (exact) mass is 485 g/mol. The van der Waals surface area contributed by atoms with Crippen molar-refractivity contribution >= 4 is 39.3 Å². The lowest BCUT2D eigenvalue weighted by Crippen LogP contribution is -2.34. The number of hydrogen-bond donors (Lipinski definition) is 2. The molecule has 0 bridgehead atoms. The summed E-state index contributed by atoms with van der Waals surface area (Å²) < 4.78 is 44.1. The van der Waals surface area contributed by atoms with Crippen molar-refractivity contribution in [3.05, 3.63) is 64.0 Å². The van der Waals surface area contributed by atoms with Crippen molar-refractivity contribution in [1.29, 1.82) is 0 Å². The van der Waals surface area contributed by atoms with Gasteiger partial charge in [0.15, 0.2) is 6.61 Å². The van der Waals surface area contributed by atoms with Crippen LogP contribution in [-0.4, -0.2) is 51.2 Å². The molecule has 0 atom stereocenters. The Hall–Kier alpha value is -3.03. The molecule has 2 N–H and O–H groups in total. The Morgan fingerprint density at radius 2 is 1.88 bits per heavy atom. The van der Waals surface area contributed by atoms with Gasteiger partial charge in [0.05, 0.1) is 14.7 Å². The number of nitro groups is 1. The van der Waals surface area contributed by atoms with E-state index in [1.54, 1.807) is 18.4 Å². The van der Waals surface area contributed by atoms with Crippen LogP contribution >= 0.6 is 11.8 Å². The number of carbonyl (C=O) groups is 2. The number of rotatable bonds is 11. The van der Waals surface area contributed by atoms with Crippen LogP contribution in [0.4, 0.5) is 10.1 Å². The van der Waals surface area contributed by atoms with Gasteiger partial charge in [-0.2, -0.15) is 4.72 Å². The summed E-state index contributed by atoms with van der Waals surface area (Å²) in [6.07, 6.45) is 2.06. The van der Waals surface area contributed by atoms with E-state index in [4.69, 9.17) is 4.74 Å². The first-order valence-electron chi connectivity index (χ1n) is 9.11. The highest BCUT2D eigenvalue weighted by molar-refractivity contribution is 7.98. The fourth-order valence-corrected chi connectivity index (χ4v) is 4.00. The molecule has 2 rings (SSSR count). The molecule has 0 saturated heterocycles. The normalized spacial score (nSPS) is 11.1. The third-order valence-corrected chi connectivity index (χ3v) is 6.26. The van der Waals surface area contributed by atoms with E-state index in [2.05, 4.69) is 5.32 Å². The minimum atomic E-state index is -4.21. The van der Waals surface area contributed by atoms with Crippen molar-refractivity contribution in [2.45, 2.75) is 16.2 Å². The molecule has 0 aromatic heterocycles. The van der Waals surface area contributed by atoms with Gasteiger partial charge in [0.25, 0.3) is 11.6 Å². The fourth-order valence-electron chi connectivity index (χ4n) is 2.46. The summed E-state index contributed by atoms with van der Waals surface area (Å²) in [5.41, 5.74) is 0.434. The van der Waals surface area contributed by atoms with Crippen LogP contribution in [0.15, 0.2) is 52.3 Å². The Morgan fingerprint density at radius 3 is 2.50 bits per heavy atom. The first-order chi connectivity index (χ1) is 15.1. The van der Waals surface area contributed by atoms with E-state index >= 15 is 0 Å². The molecule has 0 fully saturated rings. The molecule has 2 aromatic carbocycles. The third-order valence-electron chi connectivity index (χ3n) is 4.08. The van der Waals surface area contributed by atoms with Crippen molar-refractivity contribution in [2.75, 3.05) is 26.0 Å². The van der Waals surface area contributed by atoms with E-state index in [-0.39, 0.29) is 22.9 Å². The number of halogens is 1. The molecular formula is C19H20FN3O7S2. The molecule has 0 aliphatic heterocycles. The Morgan fingerprint density at radius 1 is 1.19 bits per heavy atom. The lowest BCUT2D eigenvalue weighted by molar-refractivity contribution is -0.388. The summed E-state index contributed by atoms with van der Waals surface area (Å²) in [6, 6.07) is 9.14. The van der Waals surface area contributed by atoms with Crippen molar-refractivity contribution in [3.8, 4) is 0 Å². The number of amides is 1. The number of nitrogens with one attached hydrogen (secondary N) is 2. The number of benzene rings is 2. The minimum Gasteiger partial charge on any atom is -0.455 e. The molecule has 0 radical (unpaired) electrons. The van der Waals surface area contributed by atoms with Crippen molar-refractivity contribution < 1.29 is 32.1 Å². The lowest BCUT2D eigenvalue weighted by atomic mass is 10.1. The van der Waals surface area contributed by atoms with E-state index in [0.717, 1.165) is 23.4 Å². The van der Waals surface area contributed by atoms with Crippen LogP contribution in [-0.2, 0) is 30.8 Å². The first kappa shape index (κ1) is 25.2. The van der Waals surface area contributed by atoms with Gasteiger partial charge in [0.1, 0.15) is 12.4 Å². The smallest absolute Gasteiger partial charge is 0.321 e. The van der Waals surface area contributed by atoms with Crippen molar-refractivity contribution in [3.63, 3.8) is 0 Å². The van der Waals surface area contributed by atoms with Gasteiger partial charge in [-0.1, -0.05) is 12.1 Å². The second-order valence-electron chi connectivity index (χ2n) is 6.30. The summed E-state index contributed by atoms with van der Waals surface area (Å²) in [6.45, 7) is -1.14. The second kappa shape index (κ2) is 11.5. The van der Waals surface area contributed by atoms with Crippen molar-refractivity contribution in [1.82, 2.24) is 10.0 Å². The lowest BCUT2D eigenvalue weighted by Gasteiger charge is -2.09. The van der Waals surface area contributed by atoms with Crippen LogP contribution < -0.4 is 10.0 Å². The summed E-state index contributed by atoms with van der Waals surface area (Å²) in [7, 11) is -4.21. The average molecular weight is 486 g/mol. The van der Waals surface area contributed by atoms with E-state index < -0.39 is 40.0 Å². The molecule has 0 aliphatic carbocycles. The zero-order valence-corrected chi connectivity index (χ0v) is 18.5. The maximum atomic E-state index is 12.8. The van der Waals surface area contributed by atoms with Gasteiger partial charge in [0.2, 0.25) is 10.0 Å². The molecule has 32 heavy (non-hydrogen) atoms. The highest BCUT2D eigenvalue weighted by atomic mass is 32.2. The van der Waals surface area contributed by atoms with Gasteiger partial charge >= 0.3 is 5.97 Å². The molecule has 172 valence electrons. The summed E-state index contributed by atoms with van der Waals surface area (Å²) >= 11 is 1.09. The molecule has 0 spiro atoms. The van der Waals surface area contributed by atoms with Crippen LogP contribution in [0.5, 0.6) is 0 Å². The number of nitrogens with zero attached hydrogens (tertiary/aromatic N) is 1. The summed E-state index contributed by atoms with van der Waals surface area (Å²) in [5.74, 6) is -1.96. The SMILES string of the molecule is CSc1ccc(S(=O)(=O)NCC(=O)OCC(=O)NCCc2ccc(F)cc2)cc1[N+](=O)[O-]. The maximum Gasteiger partial charge on any atom is 0.321 e. The maximum absolute atomic E-state index is 12.8. The number of sulfonamides is 1. The molecule has 1 amide bonds. The third kappa shape index (κ3) is 7.59. The average Bonchev–Trinajstić information content (AvgIpc) is 2.77. The van der Waals surface area contributed by atoms with E-state index in [1.807, 2.05) is 4.72 Å². The highest BCUT2D eigenvalue weighted by Crippen LogP contribution is 2.29. The fraction of sp³-hybridized carbons (Fsp3) is 0.263. The zero-order valence-electron chi connectivity index (χ0n) is 16.9. The second-order valence-corrected chi connectivity index (χ2v) is 8.92. The Bertz CT molecular complexity index is 1090. The van der Waals surface area contributed by atoms with Crippen molar-refractivity contribution in [2.24, 2.45) is 0 Å². The molecular weight excluding hydrogens is 465 g/mol. The molecule has 0 unspecified atom stereocenters. The van der Waals surface area contributed by atoms with Crippen LogP contribution in [0, 0.1) is 15.9 Å². The van der Waals surface area contributed by atoms with Crippen LogP contribution in [0.25, 0.3) is 0 Å². The van der Waals surface area contributed by atoms with Gasteiger partial charge in [0, 0.05) is 12.6 Å². The van der Waals surface area contributed by atoms with Gasteiger partial charge in [-0.3, -0.25) is 19.7 Å². The minimum absolute atomic E-state index is 0.236. The number of ether oxygens (including phenoxy) is 1. The topological polar surface area (TPSA) is 145 Å². The van der Waals surface area contributed by atoms with Crippen LogP contribution in [0.1, 0.15) is 5.56 Å². The van der Waals surface area contributed by atoms with Crippen LogP contribution in [0.3, 0.4) is 0 Å². The quantitative estimate of drug-likeness (QED) is 0.211. The molecule has 0 saturated carbocycles. The number of hydrogen-bond acceptors (Lipinski definition) is 8. The van der Waals surface area contributed by atoms with Gasteiger partial charge in [-0.15, -0.1) is 11.8 Å². The molecule has 0 heterocycles. The van der Waals surface area contributed by atoms with E-state index in [9.17, 15) is 32.5 Å². The van der Waals surface area contributed by atoms with Gasteiger partial charge < -0.3 is 10.1 Å². The number of esters is 1. The zero-order chi connectivity index (χ0) is 23.7. The summed E-state index contributed by atoms with van der Waals surface area (Å²) in [4.78, 5) is 33.8.